The first-order valence-corrected chi connectivity index (χ1v) is 9.23. The largest absolute Gasteiger partial charge is 0.311 e. The molecule has 0 atom stereocenters. The van der Waals surface area contributed by atoms with E-state index in [1.165, 1.54) is 11.3 Å². The molecule has 0 saturated heterocycles. The van der Waals surface area contributed by atoms with Crippen LogP contribution in [0.3, 0.4) is 0 Å². The molecule has 128 valence electrons. The van der Waals surface area contributed by atoms with Gasteiger partial charge in [-0.25, -0.2) is 0 Å². The Bertz CT molecular complexity index is 1060. The van der Waals surface area contributed by atoms with Crippen LogP contribution in [-0.4, -0.2) is 10.5 Å². The summed E-state index contributed by atoms with van der Waals surface area (Å²) in [6.45, 7) is 8.14. The van der Waals surface area contributed by atoms with Crippen LogP contribution in [0.5, 0.6) is 0 Å². The van der Waals surface area contributed by atoms with Crippen LogP contribution in [0.1, 0.15) is 21.5 Å². The zero-order valence-electron chi connectivity index (χ0n) is 13.8. The second-order valence-electron chi connectivity index (χ2n) is 5.75. The van der Waals surface area contributed by atoms with Gasteiger partial charge in [0, 0.05) is 17.1 Å². The molecule has 1 aromatic heterocycles. The van der Waals surface area contributed by atoms with Gasteiger partial charge >= 0.3 is 0 Å². The predicted octanol–water partition coefficient (Wildman–Crippen LogP) is 5.55. The standard InChI is InChI=1S/C19H16Cl2N2OS/c1-4-7-23-17-15(21)9-13(20)10-16(17)25-19(23)22-18(24)14-8-11(2)5-6-12(14)3/h4-6,8-10H,1,7H2,2-3H3. The number of halogens is 2. The van der Waals surface area contributed by atoms with E-state index < -0.39 is 0 Å². The summed E-state index contributed by atoms with van der Waals surface area (Å²) >= 11 is 13.8. The lowest BCUT2D eigenvalue weighted by Gasteiger charge is -2.04. The molecule has 0 fully saturated rings. The lowest BCUT2D eigenvalue weighted by Crippen LogP contribution is -2.16. The van der Waals surface area contributed by atoms with E-state index >= 15 is 0 Å². The third-order valence-corrected chi connectivity index (χ3v) is 5.36. The van der Waals surface area contributed by atoms with Crippen molar-refractivity contribution in [3.8, 4) is 0 Å². The Kier molecular flexibility index (Phi) is 5.13. The molecule has 0 bridgehead atoms. The van der Waals surface area contributed by atoms with E-state index in [1.54, 1.807) is 12.1 Å². The van der Waals surface area contributed by atoms with E-state index in [-0.39, 0.29) is 5.91 Å². The molecule has 0 spiro atoms. The first-order valence-electron chi connectivity index (χ1n) is 7.66. The minimum absolute atomic E-state index is 0.271. The molecule has 0 aliphatic carbocycles. The smallest absolute Gasteiger partial charge is 0.279 e. The third-order valence-electron chi connectivity index (χ3n) is 3.83. The molecule has 1 heterocycles. The first kappa shape index (κ1) is 17.9. The van der Waals surface area contributed by atoms with Gasteiger partial charge in [0.05, 0.1) is 15.2 Å². The summed E-state index contributed by atoms with van der Waals surface area (Å²) in [5, 5.41) is 1.08. The van der Waals surface area contributed by atoms with E-state index in [0.717, 1.165) is 21.3 Å². The Morgan fingerprint density at radius 3 is 2.76 bits per heavy atom. The predicted molar refractivity (Wildman–Crippen MR) is 106 cm³/mol. The Morgan fingerprint density at radius 1 is 1.28 bits per heavy atom. The Balaban J connectivity index is 2.23. The summed E-state index contributed by atoms with van der Waals surface area (Å²) in [7, 11) is 0. The number of hydrogen-bond acceptors (Lipinski definition) is 2. The van der Waals surface area contributed by atoms with Gasteiger partial charge in [0.1, 0.15) is 0 Å². The van der Waals surface area contributed by atoms with Gasteiger partial charge in [-0.15, -0.1) is 6.58 Å². The van der Waals surface area contributed by atoms with Crippen LogP contribution in [0.2, 0.25) is 10.0 Å². The monoisotopic (exact) mass is 390 g/mol. The van der Waals surface area contributed by atoms with Gasteiger partial charge in [-0.1, -0.05) is 58.3 Å². The Labute approximate surface area is 159 Å². The Hall–Kier alpha value is -1.88. The van der Waals surface area contributed by atoms with Crippen LogP contribution in [0.25, 0.3) is 10.2 Å². The highest BCUT2D eigenvalue weighted by Crippen LogP contribution is 2.29. The molecule has 0 N–H and O–H groups in total. The maximum Gasteiger partial charge on any atom is 0.279 e. The summed E-state index contributed by atoms with van der Waals surface area (Å²) in [6, 6.07) is 9.28. The minimum atomic E-state index is -0.271. The molecule has 3 aromatic rings. The Morgan fingerprint density at radius 2 is 2.04 bits per heavy atom. The number of fused-ring (bicyclic) bond motifs is 1. The molecule has 0 saturated carbocycles. The van der Waals surface area contributed by atoms with Crippen LogP contribution in [0.15, 0.2) is 48.0 Å². The molecule has 3 nitrogen and oxygen atoms in total. The number of aryl methyl sites for hydroxylation is 2. The molecule has 1 amide bonds. The van der Waals surface area contributed by atoms with Gasteiger partial charge in [-0.05, 0) is 37.6 Å². The van der Waals surface area contributed by atoms with Crippen LogP contribution in [-0.2, 0) is 6.54 Å². The number of aromatic nitrogens is 1. The molecular formula is C19H16Cl2N2OS. The number of hydrogen-bond donors (Lipinski definition) is 0. The zero-order valence-corrected chi connectivity index (χ0v) is 16.2. The van der Waals surface area contributed by atoms with Crippen molar-refractivity contribution in [2.45, 2.75) is 20.4 Å². The SMILES string of the molecule is C=CCn1c(=NC(=O)c2cc(C)ccc2C)sc2cc(Cl)cc(Cl)c21. The van der Waals surface area contributed by atoms with Gasteiger partial charge < -0.3 is 4.57 Å². The molecule has 25 heavy (non-hydrogen) atoms. The number of thiazole rings is 1. The number of benzene rings is 2. The lowest BCUT2D eigenvalue weighted by atomic mass is 10.1. The summed E-state index contributed by atoms with van der Waals surface area (Å²) in [4.78, 5) is 17.6. The van der Waals surface area contributed by atoms with Crippen LogP contribution >= 0.6 is 34.5 Å². The topological polar surface area (TPSA) is 34.4 Å². The lowest BCUT2D eigenvalue weighted by molar-refractivity contribution is 0.0997. The van der Waals surface area contributed by atoms with Crippen molar-refractivity contribution in [2.24, 2.45) is 4.99 Å². The fourth-order valence-corrected chi connectivity index (χ4v) is 4.45. The average Bonchev–Trinajstić information content (AvgIpc) is 2.87. The number of nitrogens with zero attached hydrogens (tertiary/aromatic N) is 2. The first-order chi connectivity index (χ1) is 11.9. The minimum Gasteiger partial charge on any atom is -0.311 e. The van der Waals surface area contributed by atoms with Crippen LogP contribution in [0.4, 0.5) is 0 Å². The van der Waals surface area contributed by atoms with E-state index in [1.807, 2.05) is 42.7 Å². The van der Waals surface area contributed by atoms with E-state index in [4.69, 9.17) is 23.2 Å². The van der Waals surface area contributed by atoms with Gasteiger partial charge in [0.25, 0.3) is 5.91 Å². The molecule has 2 aromatic carbocycles. The van der Waals surface area contributed by atoms with Crippen LogP contribution in [0, 0.1) is 13.8 Å². The number of rotatable bonds is 3. The second-order valence-corrected chi connectivity index (χ2v) is 7.61. The van der Waals surface area contributed by atoms with Crippen molar-refractivity contribution in [2.75, 3.05) is 0 Å². The van der Waals surface area contributed by atoms with Crippen molar-refractivity contribution in [1.82, 2.24) is 4.57 Å². The molecule has 0 aliphatic heterocycles. The van der Waals surface area contributed by atoms with E-state index in [9.17, 15) is 4.79 Å². The second kappa shape index (κ2) is 7.16. The molecule has 3 rings (SSSR count). The summed E-state index contributed by atoms with van der Waals surface area (Å²) < 4.78 is 2.76. The van der Waals surface area contributed by atoms with Crippen molar-refractivity contribution in [3.05, 3.63) is 74.5 Å². The number of carbonyl (C=O) groups excluding carboxylic acids is 1. The highest BCUT2D eigenvalue weighted by atomic mass is 35.5. The molecular weight excluding hydrogens is 375 g/mol. The fraction of sp³-hybridized carbons (Fsp3) is 0.158. The quantitative estimate of drug-likeness (QED) is 0.539. The highest BCUT2D eigenvalue weighted by Gasteiger charge is 2.13. The fourth-order valence-electron chi connectivity index (χ4n) is 2.63. The number of amides is 1. The highest BCUT2D eigenvalue weighted by molar-refractivity contribution is 7.16. The van der Waals surface area contributed by atoms with Crippen molar-refractivity contribution < 1.29 is 4.79 Å². The molecule has 0 aliphatic rings. The van der Waals surface area contributed by atoms with Crippen molar-refractivity contribution in [1.29, 1.82) is 0 Å². The van der Waals surface area contributed by atoms with Gasteiger partial charge in [-0.3, -0.25) is 4.79 Å². The number of allylic oxidation sites excluding steroid dienone is 1. The summed E-state index contributed by atoms with van der Waals surface area (Å²) in [5.74, 6) is -0.271. The summed E-state index contributed by atoms with van der Waals surface area (Å²) in [6.07, 6.45) is 1.75. The summed E-state index contributed by atoms with van der Waals surface area (Å²) in [5.41, 5.74) is 3.33. The van der Waals surface area contributed by atoms with Crippen molar-refractivity contribution in [3.63, 3.8) is 0 Å². The van der Waals surface area contributed by atoms with Crippen molar-refractivity contribution >= 4 is 50.7 Å². The number of carbonyl (C=O) groups is 1. The third kappa shape index (κ3) is 3.56. The zero-order chi connectivity index (χ0) is 18.1. The van der Waals surface area contributed by atoms with Gasteiger partial charge in [-0.2, -0.15) is 4.99 Å². The van der Waals surface area contributed by atoms with E-state index in [2.05, 4.69) is 11.6 Å². The van der Waals surface area contributed by atoms with Crippen LogP contribution < -0.4 is 4.80 Å². The maximum absolute atomic E-state index is 12.7. The van der Waals surface area contributed by atoms with Gasteiger partial charge in [0.2, 0.25) is 0 Å². The normalized spacial score (nSPS) is 11.9. The maximum atomic E-state index is 12.7. The average molecular weight is 391 g/mol. The molecule has 0 unspecified atom stereocenters. The molecule has 6 heteroatoms. The van der Waals surface area contributed by atoms with Gasteiger partial charge in [0.15, 0.2) is 4.80 Å². The van der Waals surface area contributed by atoms with E-state index in [0.29, 0.717) is 27.0 Å². The molecule has 0 radical (unpaired) electrons.